The summed E-state index contributed by atoms with van der Waals surface area (Å²) in [6, 6.07) is 0. The summed E-state index contributed by atoms with van der Waals surface area (Å²) in [5.41, 5.74) is 1.09. The molecular formula is C14H27N5. The lowest BCUT2D eigenvalue weighted by molar-refractivity contribution is 0.396. The molecule has 5 nitrogen and oxygen atoms in total. The molecule has 5 heteroatoms. The second-order valence-electron chi connectivity index (χ2n) is 5.09. The first-order chi connectivity index (χ1) is 9.13. The lowest BCUT2D eigenvalue weighted by Crippen LogP contribution is -2.15. The molecule has 0 aromatic carbocycles. The third-order valence-electron chi connectivity index (χ3n) is 2.83. The van der Waals surface area contributed by atoms with E-state index in [1.165, 1.54) is 6.42 Å². The first-order valence-corrected chi connectivity index (χ1v) is 7.09. The summed E-state index contributed by atoms with van der Waals surface area (Å²) in [7, 11) is 4.21. The topological polar surface area (TPSA) is 53.1 Å². The quantitative estimate of drug-likeness (QED) is 0.671. The molecule has 0 radical (unpaired) electrons. The summed E-state index contributed by atoms with van der Waals surface area (Å²) in [5, 5.41) is 6.60. The SMILES string of the molecule is CCCNc1ncc(C)c(NCCCCN(C)C)n1. The average molecular weight is 265 g/mol. The summed E-state index contributed by atoms with van der Waals surface area (Å²) in [6.07, 6.45) is 5.29. The van der Waals surface area contributed by atoms with Crippen molar-refractivity contribution in [2.75, 3.05) is 44.4 Å². The van der Waals surface area contributed by atoms with Crippen LogP contribution in [0.4, 0.5) is 11.8 Å². The molecule has 0 fully saturated rings. The number of rotatable bonds is 9. The number of anilines is 2. The fraction of sp³-hybridized carbons (Fsp3) is 0.714. The van der Waals surface area contributed by atoms with E-state index in [1.807, 2.05) is 13.1 Å². The van der Waals surface area contributed by atoms with Gasteiger partial charge in [0.25, 0.3) is 0 Å². The molecule has 1 aromatic heterocycles. The van der Waals surface area contributed by atoms with Gasteiger partial charge in [0.15, 0.2) is 0 Å². The highest BCUT2D eigenvalue weighted by Gasteiger charge is 2.02. The molecule has 1 heterocycles. The summed E-state index contributed by atoms with van der Waals surface area (Å²) in [4.78, 5) is 11.0. The Balaban J connectivity index is 2.39. The van der Waals surface area contributed by atoms with Gasteiger partial charge in [-0.05, 0) is 46.8 Å². The van der Waals surface area contributed by atoms with Gasteiger partial charge in [0, 0.05) is 24.8 Å². The highest BCUT2D eigenvalue weighted by atomic mass is 15.1. The highest BCUT2D eigenvalue weighted by molar-refractivity contribution is 5.46. The van der Waals surface area contributed by atoms with Crippen molar-refractivity contribution in [1.29, 1.82) is 0 Å². The van der Waals surface area contributed by atoms with E-state index in [1.54, 1.807) is 0 Å². The van der Waals surface area contributed by atoms with Gasteiger partial charge in [0.05, 0.1) is 0 Å². The van der Waals surface area contributed by atoms with Gasteiger partial charge in [-0.1, -0.05) is 6.92 Å². The normalized spacial score (nSPS) is 10.8. The van der Waals surface area contributed by atoms with Crippen LogP contribution in [0.5, 0.6) is 0 Å². The third-order valence-corrected chi connectivity index (χ3v) is 2.83. The van der Waals surface area contributed by atoms with Crippen molar-refractivity contribution in [3.8, 4) is 0 Å². The molecule has 108 valence electrons. The van der Waals surface area contributed by atoms with Crippen LogP contribution in [-0.2, 0) is 0 Å². The maximum atomic E-state index is 4.50. The lowest BCUT2D eigenvalue weighted by atomic mass is 10.3. The molecular weight excluding hydrogens is 238 g/mol. The molecule has 0 unspecified atom stereocenters. The fourth-order valence-electron chi connectivity index (χ4n) is 1.70. The van der Waals surface area contributed by atoms with E-state index < -0.39 is 0 Å². The van der Waals surface area contributed by atoms with E-state index >= 15 is 0 Å². The molecule has 0 spiro atoms. The summed E-state index contributed by atoms with van der Waals surface area (Å²) >= 11 is 0. The largest absolute Gasteiger partial charge is 0.370 e. The Bertz CT molecular complexity index is 365. The predicted octanol–water partition coefficient (Wildman–Crippen LogP) is 2.36. The van der Waals surface area contributed by atoms with Gasteiger partial charge in [-0.3, -0.25) is 0 Å². The van der Waals surface area contributed by atoms with Crippen LogP contribution in [0, 0.1) is 6.92 Å². The zero-order chi connectivity index (χ0) is 14.1. The summed E-state index contributed by atoms with van der Waals surface area (Å²) in [5.74, 6) is 1.65. The molecule has 1 rings (SSSR count). The van der Waals surface area contributed by atoms with Crippen LogP contribution < -0.4 is 10.6 Å². The smallest absolute Gasteiger partial charge is 0.224 e. The summed E-state index contributed by atoms with van der Waals surface area (Å²) < 4.78 is 0. The van der Waals surface area contributed by atoms with Gasteiger partial charge in [-0.15, -0.1) is 0 Å². The molecule has 0 amide bonds. The van der Waals surface area contributed by atoms with Crippen LogP contribution in [-0.4, -0.2) is 48.6 Å². The first-order valence-electron chi connectivity index (χ1n) is 7.09. The van der Waals surface area contributed by atoms with Crippen molar-refractivity contribution in [1.82, 2.24) is 14.9 Å². The van der Waals surface area contributed by atoms with Crippen molar-refractivity contribution in [2.24, 2.45) is 0 Å². The number of nitrogens with zero attached hydrogens (tertiary/aromatic N) is 3. The van der Waals surface area contributed by atoms with Crippen LogP contribution in [0.25, 0.3) is 0 Å². The minimum Gasteiger partial charge on any atom is -0.370 e. The Labute approximate surface area is 116 Å². The molecule has 0 atom stereocenters. The Morgan fingerprint density at radius 2 is 1.95 bits per heavy atom. The van der Waals surface area contributed by atoms with Crippen molar-refractivity contribution in [2.45, 2.75) is 33.1 Å². The molecule has 0 saturated carbocycles. The van der Waals surface area contributed by atoms with Crippen LogP contribution in [0.3, 0.4) is 0 Å². The molecule has 0 aliphatic heterocycles. The highest BCUT2D eigenvalue weighted by Crippen LogP contribution is 2.12. The van der Waals surface area contributed by atoms with Gasteiger partial charge in [-0.2, -0.15) is 4.98 Å². The average Bonchev–Trinajstić information content (AvgIpc) is 2.38. The van der Waals surface area contributed by atoms with E-state index in [-0.39, 0.29) is 0 Å². The number of hydrogen-bond donors (Lipinski definition) is 2. The lowest BCUT2D eigenvalue weighted by Gasteiger charge is -2.12. The van der Waals surface area contributed by atoms with E-state index in [0.717, 1.165) is 43.9 Å². The molecule has 0 saturated heterocycles. The van der Waals surface area contributed by atoms with Gasteiger partial charge in [0.2, 0.25) is 5.95 Å². The number of aryl methyl sites for hydroxylation is 1. The monoisotopic (exact) mass is 265 g/mol. The van der Waals surface area contributed by atoms with Crippen LogP contribution >= 0.6 is 0 Å². The number of nitrogens with one attached hydrogen (secondary N) is 2. The molecule has 0 aliphatic rings. The van der Waals surface area contributed by atoms with E-state index in [9.17, 15) is 0 Å². The Morgan fingerprint density at radius 3 is 2.63 bits per heavy atom. The maximum Gasteiger partial charge on any atom is 0.224 e. The summed E-state index contributed by atoms with van der Waals surface area (Å²) in [6.45, 7) is 7.16. The first kappa shape index (κ1) is 15.7. The van der Waals surface area contributed by atoms with Crippen LogP contribution in [0.2, 0.25) is 0 Å². The van der Waals surface area contributed by atoms with Crippen molar-refractivity contribution >= 4 is 11.8 Å². The number of aromatic nitrogens is 2. The molecule has 0 bridgehead atoms. The second kappa shape index (κ2) is 8.69. The zero-order valence-electron chi connectivity index (χ0n) is 12.7. The standard InChI is InChI=1S/C14H27N5/c1-5-8-16-14-17-11-12(2)13(18-14)15-9-6-7-10-19(3)4/h11H,5-10H2,1-4H3,(H2,15,16,17,18). The fourth-order valence-corrected chi connectivity index (χ4v) is 1.70. The van der Waals surface area contributed by atoms with Gasteiger partial charge >= 0.3 is 0 Å². The molecule has 2 N–H and O–H groups in total. The van der Waals surface area contributed by atoms with Gasteiger partial charge < -0.3 is 15.5 Å². The Morgan fingerprint density at radius 1 is 1.16 bits per heavy atom. The molecule has 1 aromatic rings. The van der Waals surface area contributed by atoms with Crippen LogP contribution in [0.15, 0.2) is 6.20 Å². The van der Waals surface area contributed by atoms with Crippen molar-refractivity contribution in [3.05, 3.63) is 11.8 Å². The van der Waals surface area contributed by atoms with Crippen molar-refractivity contribution in [3.63, 3.8) is 0 Å². The van der Waals surface area contributed by atoms with Gasteiger partial charge in [0.1, 0.15) is 5.82 Å². The predicted molar refractivity (Wildman–Crippen MR) is 81.8 cm³/mol. The maximum absolute atomic E-state index is 4.50. The second-order valence-corrected chi connectivity index (χ2v) is 5.09. The Kier molecular flexibility index (Phi) is 7.18. The van der Waals surface area contributed by atoms with Gasteiger partial charge in [-0.25, -0.2) is 4.98 Å². The Hall–Kier alpha value is -1.36. The zero-order valence-corrected chi connectivity index (χ0v) is 12.7. The molecule has 0 aliphatic carbocycles. The third kappa shape index (κ3) is 6.38. The number of unbranched alkanes of at least 4 members (excludes halogenated alkanes) is 1. The minimum atomic E-state index is 0.711. The van der Waals surface area contributed by atoms with E-state index in [2.05, 4.69) is 46.5 Å². The van der Waals surface area contributed by atoms with Crippen molar-refractivity contribution < 1.29 is 0 Å². The van der Waals surface area contributed by atoms with Crippen LogP contribution in [0.1, 0.15) is 31.7 Å². The molecule has 19 heavy (non-hydrogen) atoms. The van der Waals surface area contributed by atoms with E-state index in [4.69, 9.17) is 0 Å². The number of hydrogen-bond acceptors (Lipinski definition) is 5. The van der Waals surface area contributed by atoms with E-state index in [0.29, 0.717) is 5.95 Å². The minimum absolute atomic E-state index is 0.711.